The monoisotopic (exact) mass is 308 g/mol. The molecule has 1 aromatic heterocycles. The minimum Gasteiger partial charge on any atom is -0.507 e. The molecule has 21 heavy (non-hydrogen) atoms. The second-order valence-corrected chi connectivity index (χ2v) is 5.94. The summed E-state index contributed by atoms with van der Waals surface area (Å²) in [6.07, 6.45) is 0. The zero-order chi connectivity index (χ0) is 15.6. The molecule has 0 saturated carbocycles. The van der Waals surface area contributed by atoms with Crippen LogP contribution in [-0.4, -0.2) is 29.6 Å². The number of anilines is 1. The molecule has 1 aromatic carbocycles. The van der Waals surface area contributed by atoms with E-state index >= 15 is 0 Å². The fourth-order valence-corrected chi connectivity index (χ4v) is 2.68. The molecule has 3 N–H and O–H groups in total. The van der Waals surface area contributed by atoms with E-state index in [2.05, 4.69) is 9.71 Å². The van der Waals surface area contributed by atoms with Crippen molar-refractivity contribution in [2.24, 2.45) is 0 Å². The number of hydrogen-bond donors (Lipinski definition) is 3. The van der Waals surface area contributed by atoms with Gasteiger partial charge >= 0.3 is 5.97 Å². The third kappa shape index (κ3) is 3.29. The van der Waals surface area contributed by atoms with Crippen LogP contribution in [-0.2, 0) is 10.0 Å². The van der Waals surface area contributed by atoms with E-state index in [9.17, 15) is 18.3 Å². The van der Waals surface area contributed by atoms with Crippen LogP contribution in [0.5, 0.6) is 5.75 Å². The van der Waals surface area contributed by atoms with Gasteiger partial charge in [0.2, 0.25) is 0 Å². The van der Waals surface area contributed by atoms with Gasteiger partial charge in [0.15, 0.2) is 0 Å². The summed E-state index contributed by atoms with van der Waals surface area (Å²) < 4.78 is 26.6. The van der Waals surface area contributed by atoms with Gasteiger partial charge in [-0.3, -0.25) is 4.72 Å². The van der Waals surface area contributed by atoms with Gasteiger partial charge in [-0.05, 0) is 37.3 Å². The highest BCUT2D eigenvalue weighted by Gasteiger charge is 2.19. The van der Waals surface area contributed by atoms with E-state index in [1.54, 1.807) is 19.1 Å². The molecule has 0 bridgehead atoms. The van der Waals surface area contributed by atoms with Crippen LogP contribution in [0.3, 0.4) is 0 Å². The number of sulfonamides is 1. The molecule has 110 valence electrons. The lowest BCUT2D eigenvalue weighted by atomic mass is 10.2. The van der Waals surface area contributed by atoms with Crippen LogP contribution in [0.15, 0.2) is 41.3 Å². The first-order chi connectivity index (χ1) is 9.79. The molecule has 1 heterocycles. The van der Waals surface area contributed by atoms with Crippen LogP contribution in [0.4, 0.5) is 5.82 Å². The zero-order valence-electron chi connectivity index (χ0n) is 10.9. The van der Waals surface area contributed by atoms with Crippen molar-refractivity contribution in [2.75, 3.05) is 4.72 Å². The molecule has 0 unspecified atom stereocenters. The van der Waals surface area contributed by atoms with E-state index in [0.717, 1.165) is 18.2 Å². The van der Waals surface area contributed by atoms with Gasteiger partial charge < -0.3 is 10.2 Å². The van der Waals surface area contributed by atoms with Crippen LogP contribution in [0.25, 0.3) is 0 Å². The lowest BCUT2D eigenvalue weighted by Gasteiger charge is -2.09. The Kier molecular flexibility index (Phi) is 3.81. The fourth-order valence-electron chi connectivity index (χ4n) is 1.65. The quantitative estimate of drug-likeness (QED) is 0.789. The number of aryl methyl sites for hydroxylation is 1. The van der Waals surface area contributed by atoms with Crippen molar-refractivity contribution in [1.29, 1.82) is 0 Å². The topological polar surface area (TPSA) is 117 Å². The lowest BCUT2D eigenvalue weighted by molar-refractivity contribution is 0.0693. The molecular formula is C13H12N2O5S. The average Bonchev–Trinajstić information content (AvgIpc) is 2.38. The average molecular weight is 308 g/mol. The number of nitrogens with one attached hydrogen (secondary N) is 1. The summed E-state index contributed by atoms with van der Waals surface area (Å²) in [5, 5.41) is 18.3. The van der Waals surface area contributed by atoms with E-state index in [1.807, 2.05) is 0 Å². The molecular weight excluding hydrogens is 296 g/mol. The molecule has 0 amide bonds. The van der Waals surface area contributed by atoms with Crippen molar-refractivity contribution in [1.82, 2.24) is 4.98 Å². The number of nitrogens with zero attached hydrogens (tertiary/aromatic N) is 1. The molecule has 0 radical (unpaired) electrons. The summed E-state index contributed by atoms with van der Waals surface area (Å²) in [6.45, 7) is 1.71. The molecule has 0 fully saturated rings. The van der Waals surface area contributed by atoms with Crippen molar-refractivity contribution in [3.8, 4) is 5.75 Å². The Labute approximate surface area is 120 Å². The number of aromatic hydroxyl groups is 1. The minimum absolute atomic E-state index is 0.125. The van der Waals surface area contributed by atoms with Gasteiger partial charge in [0.25, 0.3) is 10.0 Å². The van der Waals surface area contributed by atoms with Crippen molar-refractivity contribution in [2.45, 2.75) is 11.8 Å². The van der Waals surface area contributed by atoms with Crippen LogP contribution in [0.1, 0.15) is 16.1 Å². The number of aromatic nitrogens is 1. The first-order valence-electron chi connectivity index (χ1n) is 5.82. The standard InChI is InChI=1S/C13H12N2O5S/c1-8-3-2-4-12(14-8)15-21(19,20)9-5-6-11(16)10(7-9)13(17)18/h2-7,16H,1H3,(H,14,15)(H,17,18). The molecule has 0 aliphatic rings. The number of hydrogen-bond acceptors (Lipinski definition) is 5. The van der Waals surface area contributed by atoms with Gasteiger partial charge in [0.05, 0.1) is 4.90 Å². The van der Waals surface area contributed by atoms with Gasteiger partial charge in [0.1, 0.15) is 17.1 Å². The van der Waals surface area contributed by atoms with Crippen LogP contribution >= 0.6 is 0 Å². The third-order valence-corrected chi connectivity index (χ3v) is 3.99. The maximum Gasteiger partial charge on any atom is 0.339 e. The zero-order valence-corrected chi connectivity index (χ0v) is 11.8. The summed E-state index contributed by atoms with van der Waals surface area (Å²) >= 11 is 0. The number of aromatic carboxylic acids is 1. The lowest BCUT2D eigenvalue weighted by Crippen LogP contribution is -2.14. The van der Waals surface area contributed by atoms with E-state index < -0.39 is 27.3 Å². The summed E-state index contributed by atoms with van der Waals surface area (Å²) in [4.78, 5) is 14.6. The number of carbonyl (C=O) groups is 1. The molecule has 2 aromatic rings. The van der Waals surface area contributed by atoms with E-state index in [1.165, 1.54) is 6.07 Å². The van der Waals surface area contributed by atoms with Gasteiger partial charge in [-0.1, -0.05) is 6.07 Å². The predicted molar refractivity (Wildman–Crippen MR) is 74.8 cm³/mol. The Balaban J connectivity index is 2.40. The van der Waals surface area contributed by atoms with Gasteiger partial charge in [0, 0.05) is 5.69 Å². The molecule has 0 saturated heterocycles. The smallest absolute Gasteiger partial charge is 0.339 e. The van der Waals surface area contributed by atoms with Crippen molar-refractivity contribution in [3.63, 3.8) is 0 Å². The minimum atomic E-state index is -3.99. The summed E-state index contributed by atoms with van der Waals surface area (Å²) in [5.74, 6) is -1.80. The van der Waals surface area contributed by atoms with E-state index in [-0.39, 0.29) is 10.7 Å². The Morgan fingerprint density at radius 3 is 2.57 bits per heavy atom. The van der Waals surface area contributed by atoms with Crippen LogP contribution in [0.2, 0.25) is 0 Å². The van der Waals surface area contributed by atoms with E-state index in [0.29, 0.717) is 5.69 Å². The number of benzene rings is 1. The molecule has 0 spiro atoms. The summed E-state index contributed by atoms with van der Waals surface area (Å²) in [6, 6.07) is 7.83. The van der Waals surface area contributed by atoms with Crippen molar-refractivity contribution >= 4 is 21.8 Å². The maximum atomic E-state index is 12.2. The molecule has 2 rings (SSSR count). The first-order valence-corrected chi connectivity index (χ1v) is 7.31. The molecule has 7 nitrogen and oxygen atoms in total. The summed E-state index contributed by atoms with van der Waals surface area (Å²) in [5.41, 5.74) is 0.141. The number of pyridine rings is 1. The Morgan fingerprint density at radius 1 is 1.24 bits per heavy atom. The SMILES string of the molecule is Cc1cccc(NS(=O)(=O)c2ccc(O)c(C(=O)O)c2)n1. The van der Waals surface area contributed by atoms with Gasteiger partial charge in [-0.15, -0.1) is 0 Å². The second-order valence-electron chi connectivity index (χ2n) is 4.25. The number of carboxylic acid groups (broad SMARTS) is 1. The highest BCUT2D eigenvalue weighted by molar-refractivity contribution is 7.92. The first kappa shape index (κ1) is 14.8. The number of phenols is 1. The van der Waals surface area contributed by atoms with E-state index in [4.69, 9.17) is 5.11 Å². The Morgan fingerprint density at radius 2 is 1.95 bits per heavy atom. The number of rotatable bonds is 4. The third-order valence-electron chi connectivity index (χ3n) is 2.64. The highest BCUT2D eigenvalue weighted by Crippen LogP contribution is 2.22. The Hall–Kier alpha value is -2.61. The van der Waals surface area contributed by atoms with Gasteiger partial charge in [-0.25, -0.2) is 18.2 Å². The number of carboxylic acids is 1. The molecule has 0 atom stereocenters. The van der Waals surface area contributed by atoms with Crippen molar-refractivity contribution < 1.29 is 23.4 Å². The largest absolute Gasteiger partial charge is 0.507 e. The molecule has 0 aliphatic heterocycles. The summed E-state index contributed by atoms with van der Waals surface area (Å²) in [7, 11) is -3.99. The van der Waals surface area contributed by atoms with Crippen LogP contribution in [0, 0.1) is 6.92 Å². The molecule has 0 aliphatic carbocycles. The maximum absolute atomic E-state index is 12.2. The highest BCUT2D eigenvalue weighted by atomic mass is 32.2. The predicted octanol–water partition coefficient (Wildman–Crippen LogP) is 1.59. The van der Waals surface area contributed by atoms with Crippen LogP contribution < -0.4 is 4.72 Å². The fraction of sp³-hybridized carbons (Fsp3) is 0.0769. The van der Waals surface area contributed by atoms with Crippen molar-refractivity contribution in [3.05, 3.63) is 47.7 Å². The van der Waals surface area contributed by atoms with Gasteiger partial charge in [-0.2, -0.15) is 0 Å². The second kappa shape index (κ2) is 5.41. The normalized spacial score (nSPS) is 11.1. The Bertz CT molecular complexity index is 802. The molecule has 8 heteroatoms.